The number of nitrogens with zero attached hydrogens (tertiary/aromatic N) is 1. The van der Waals surface area contributed by atoms with Crippen molar-refractivity contribution in [3.8, 4) is 0 Å². The number of carbonyl (C=O) groups is 2. The highest BCUT2D eigenvalue weighted by atomic mass is 32.2. The van der Waals surface area contributed by atoms with Crippen LogP contribution in [0, 0.1) is 10.1 Å². The van der Waals surface area contributed by atoms with Gasteiger partial charge < -0.3 is 10.6 Å². The number of aryl methyl sites for hydroxylation is 1. The summed E-state index contributed by atoms with van der Waals surface area (Å²) < 4.78 is 23.5. The maximum absolute atomic E-state index is 12.5. The number of carbonyl (C=O) groups excluding carboxylic acids is 2. The molecule has 0 aromatic heterocycles. The van der Waals surface area contributed by atoms with E-state index in [1.165, 1.54) is 0 Å². The highest BCUT2D eigenvalue weighted by Gasteiger charge is 2.20. The fraction of sp³-hybridized carbons (Fsp3) is 0.176. The Hall–Kier alpha value is -3.27. The number of fused-ring (bicyclic) bond motifs is 1. The fourth-order valence-corrected chi connectivity index (χ4v) is 3.37. The monoisotopic (exact) mass is 389 g/mol. The molecule has 0 radical (unpaired) electrons. The van der Waals surface area contributed by atoms with E-state index in [1.807, 2.05) is 0 Å². The lowest BCUT2D eigenvalue weighted by Crippen LogP contribution is -2.19. The van der Waals surface area contributed by atoms with Gasteiger partial charge in [0.15, 0.2) is 9.84 Å². The second kappa shape index (κ2) is 6.80. The number of benzene rings is 2. The van der Waals surface area contributed by atoms with Gasteiger partial charge in [0, 0.05) is 41.7 Å². The Bertz CT molecular complexity index is 1080. The number of sulfone groups is 1. The molecule has 0 saturated heterocycles. The molecule has 2 amide bonds. The number of nitro benzene ring substituents is 1. The molecule has 0 fully saturated rings. The third kappa shape index (κ3) is 4.11. The van der Waals surface area contributed by atoms with Gasteiger partial charge in [-0.1, -0.05) is 0 Å². The molecule has 2 aromatic rings. The van der Waals surface area contributed by atoms with Crippen molar-refractivity contribution in [2.24, 2.45) is 0 Å². The van der Waals surface area contributed by atoms with Crippen molar-refractivity contribution >= 4 is 38.7 Å². The van der Waals surface area contributed by atoms with Crippen molar-refractivity contribution in [3.05, 3.63) is 57.6 Å². The summed E-state index contributed by atoms with van der Waals surface area (Å²) in [5.74, 6) is -0.757. The predicted molar refractivity (Wildman–Crippen MR) is 97.6 cm³/mol. The Morgan fingerprint density at radius 1 is 1.19 bits per heavy atom. The van der Waals surface area contributed by atoms with Crippen molar-refractivity contribution in [1.82, 2.24) is 0 Å². The average Bonchev–Trinajstić information content (AvgIpc) is 2.60. The van der Waals surface area contributed by atoms with Crippen LogP contribution in [0.5, 0.6) is 0 Å². The van der Waals surface area contributed by atoms with E-state index < -0.39 is 26.4 Å². The number of non-ortho nitro benzene ring substituents is 1. The van der Waals surface area contributed by atoms with Crippen LogP contribution < -0.4 is 10.6 Å². The SMILES string of the molecule is CS(=O)(=O)c1cc(C(=O)Nc2ccc3c(c2)CCC(=O)N3)cc([N+](=O)[O-])c1. The molecule has 0 bridgehead atoms. The van der Waals surface area contributed by atoms with Crippen LogP contribution in [0.1, 0.15) is 22.3 Å². The molecular weight excluding hydrogens is 374 g/mol. The second-order valence-corrected chi connectivity index (χ2v) is 8.13. The molecule has 0 unspecified atom stereocenters. The van der Waals surface area contributed by atoms with Crippen LogP contribution in [0.2, 0.25) is 0 Å². The topological polar surface area (TPSA) is 135 Å². The van der Waals surface area contributed by atoms with E-state index in [-0.39, 0.29) is 16.4 Å². The summed E-state index contributed by atoms with van der Waals surface area (Å²) in [5, 5.41) is 16.4. The lowest BCUT2D eigenvalue weighted by Gasteiger charge is -2.17. The van der Waals surface area contributed by atoms with Gasteiger partial charge in [0.25, 0.3) is 11.6 Å². The van der Waals surface area contributed by atoms with Gasteiger partial charge >= 0.3 is 0 Å². The first-order valence-electron chi connectivity index (χ1n) is 7.87. The summed E-state index contributed by atoms with van der Waals surface area (Å²) >= 11 is 0. The fourth-order valence-electron chi connectivity index (χ4n) is 2.70. The molecule has 2 N–H and O–H groups in total. The average molecular weight is 389 g/mol. The maximum atomic E-state index is 12.5. The van der Waals surface area contributed by atoms with Crippen molar-refractivity contribution in [2.45, 2.75) is 17.7 Å². The normalized spacial score (nSPS) is 13.4. The minimum absolute atomic E-state index is 0.0795. The van der Waals surface area contributed by atoms with Gasteiger partial charge in [0.1, 0.15) is 0 Å². The van der Waals surface area contributed by atoms with Crippen molar-refractivity contribution < 1.29 is 22.9 Å². The first-order chi connectivity index (χ1) is 12.6. The molecule has 9 nitrogen and oxygen atoms in total. The zero-order chi connectivity index (χ0) is 19.8. The lowest BCUT2D eigenvalue weighted by molar-refractivity contribution is -0.385. The summed E-state index contributed by atoms with van der Waals surface area (Å²) in [6, 6.07) is 7.95. The van der Waals surface area contributed by atoms with E-state index in [2.05, 4.69) is 10.6 Å². The van der Waals surface area contributed by atoms with Gasteiger partial charge in [-0.2, -0.15) is 0 Å². The quantitative estimate of drug-likeness (QED) is 0.607. The zero-order valence-electron chi connectivity index (χ0n) is 14.2. The van der Waals surface area contributed by atoms with Crippen LogP contribution in [-0.2, 0) is 21.1 Å². The molecule has 0 spiro atoms. The van der Waals surface area contributed by atoms with E-state index in [4.69, 9.17) is 0 Å². The van der Waals surface area contributed by atoms with E-state index in [0.29, 0.717) is 24.2 Å². The Kier molecular flexibility index (Phi) is 4.66. The number of nitrogens with one attached hydrogen (secondary N) is 2. The number of nitro groups is 1. The Morgan fingerprint density at radius 3 is 2.59 bits per heavy atom. The molecule has 2 aromatic carbocycles. The molecule has 10 heteroatoms. The van der Waals surface area contributed by atoms with Crippen LogP contribution in [-0.4, -0.2) is 31.4 Å². The second-order valence-electron chi connectivity index (χ2n) is 6.12. The molecule has 0 atom stereocenters. The molecule has 1 aliphatic rings. The largest absolute Gasteiger partial charge is 0.326 e. The third-order valence-corrected chi connectivity index (χ3v) is 5.14. The Morgan fingerprint density at radius 2 is 1.93 bits per heavy atom. The standard InChI is InChI=1S/C17H15N3O6S/c1-27(25,26)14-8-11(7-13(9-14)20(23)24)17(22)18-12-3-4-15-10(6-12)2-5-16(21)19-15/h3-4,6-9H,2,5H2,1H3,(H,18,22)(H,19,21). The summed E-state index contributed by atoms with van der Waals surface area (Å²) in [6.45, 7) is 0. The van der Waals surface area contributed by atoms with Crippen molar-refractivity contribution in [3.63, 3.8) is 0 Å². The predicted octanol–water partition coefficient (Wildman–Crippen LogP) is 2.14. The highest BCUT2D eigenvalue weighted by molar-refractivity contribution is 7.90. The first-order valence-corrected chi connectivity index (χ1v) is 9.76. The third-order valence-electron chi connectivity index (χ3n) is 4.05. The molecule has 140 valence electrons. The van der Waals surface area contributed by atoms with Gasteiger partial charge in [0.05, 0.1) is 9.82 Å². The number of anilines is 2. The van der Waals surface area contributed by atoms with Gasteiger partial charge in [-0.25, -0.2) is 8.42 Å². The molecule has 27 heavy (non-hydrogen) atoms. The maximum Gasteiger partial charge on any atom is 0.271 e. The highest BCUT2D eigenvalue weighted by Crippen LogP contribution is 2.27. The van der Waals surface area contributed by atoms with Gasteiger partial charge in [-0.15, -0.1) is 0 Å². The number of amides is 2. The Balaban J connectivity index is 1.91. The summed E-state index contributed by atoms with van der Waals surface area (Å²) in [5.41, 5.74) is 1.32. The minimum Gasteiger partial charge on any atom is -0.326 e. The van der Waals surface area contributed by atoms with Gasteiger partial charge in [-0.3, -0.25) is 19.7 Å². The van der Waals surface area contributed by atoms with Crippen molar-refractivity contribution in [1.29, 1.82) is 0 Å². The first kappa shape index (κ1) is 18.5. The molecular formula is C17H15N3O6S. The number of hydrogen-bond acceptors (Lipinski definition) is 6. The van der Waals surface area contributed by atoms with Gasteiger partial charge in [-0.05, 0) is 36.2 Å². The number of rotatable bonds is 4. The summed E-state index contributed by atoms with van der Waals surface area (Å²) in [4.78, 5) is 33.9. The smallest absolute Gasteiger partial charge is 0.271 e. The van der Waals surface area contributed by atoms with Crippen LogP contribution in [0.3, 0.4) is 0 Å². The van der Waals surface area contributed by atoms with Crippen LogP contribution in [0.15, 0.2) is 41.3 Å². The molecule has 1 heterocycles. The van der Waals surface area contributed by atoms with Crippen molar-refractivity contribution in [2.75, 3.05) is 16.9 Å². The van der Waals surface area contributed by atoms with Crippen LogP contribution >= 0.6 is 0 Å². The molecule has 0 aliphatic carbocycles. The number of hydrogen-bond donors (Lipinski definition) is 2. The molecule has 3 rings (SSSR count). The molecule has 1 aliphatic heterocycles. The Labute approximate surface area is 154 Å². The van der Waals surface area contributed by atoms with Gasteiger partial charge in [0.2, 0.25) is 5.91 Å². The minimum atomic E-state index is -3.73. The summed E-state index contributed by atoms with van der Waals surface area (Å²) in [7, 11) is -3.73. The summed E-state index contributed by atoms with van der Waals surface area (Å²) in [6.07, 6.45) is 1.78. The van der Waals surface area contributed by atoms with E-state index in [1.54, 1.807) is 18.2 Å². The van der Waals surface area contributed by atoms with E-state index in [0.717, 1.165) is 30.0 Å². The van der Waals surface area contributed by atoms with E-state index >= 15 is 0 Å². The zero-order valence-corrected chi connectivity index (χ0v) is 15.0. The lowest BCUT2D eigenvalue weighted by atomic mass is 10.0. The molecule has 0 saturated carbocycles. The van der Waals surface area contributed by atoms with E-state index in [9.17, 15) is 28.1 Å². The van der Waals surface area contributed by atoms with Crippen LogP contribution in [0.25, 0.3) is 0 Å². The van der Waals surface area contributed by atoms with Crippen LogP contribution in [0.4, 0.5) is 17.1 Å².